The van der Waals surface area contributed by atoms with E-state index in [1.165, 1.54) is 10.7 Å². The smallest absolute Gasteiger partial charge is 0.356 e. The van der Waals surface area contributed by atoms with Gasteiger partial charge in [0.05, 0.1) is 17.7 Å². The molecule has 0 bridgehead atoms. The second-order valence-corrected chi connectivity index (χ2v) is 6.80. The molecule has 7 nitrogen and oxygen atoms in total. The summed E-state index contributed by atoms with van der Waals surface area (Å²) in [5, 5.41) is 26.4. The topological polar surface area (TPSA) is 104 Å². The first-order valence-electron chi connectivity index (χ1n) is 9.24. The Hall–Kier alpha value is -2.67. The quantitative estimate of drug-likeness (QED) is 0.594. The summed E-state index contributed by atoms with van der Waals surface area (Å²) in [4.78, 5) is 23.2. The number of carboxylic acid groups (broad SMARTS) is 1. The fourth-order valence-corrected chi connectivity index (χ4v) is 3.19. The largest absolute Gasteiger partial charge is 0.476 e. The van der Waals surface area contributed by atoms with E-state index >= 15 is 0 Å². The van der Waals surface area contributed by atoms with Gasteiger partial charge in [-0.15, -0.1) is 0 Å². The van der Waals surface area contributed by atoms with Gasteiger partial charge in [-0.3, -0.25) is 4.79 Å². The van der Waals surface area contributed by atoms with Crippen LogP contribution in [0, 0.1) is 0 Å². The first-order chi connectivity index (χ1) is 12.9. The minimum Gasteiger partial charge on any atom is -0.476 e. The number of carboxylic acids is 1. The van der Waals surface area contributed by atoms with Crippen molar-refractivity contribution in [2.45, 2.75) is 58.1 Å². The average Bonchev–Trinajstić information content (AvgIpc) is 3.11. The molecule has 1 amide bonds. The lowest BCUT2D eigenvalue weighted by atomic mass is 9.89. The number of rotatable bonds is 10. The Kier molecular flexibility index (Phi) is 7.12. The van der Waals surface area contributed by atoms with Gasteiger partial charge in [0.1, 0.15) is 0 Å². The van der Waals surface area contributed by atoms with Crippen LogP contribution in [0.4, 0.5) is 0 Å². The normalized spacial score (nSPS) is 11.4. The molecule has 1 heterocycles. The molecule has 0 saturated heterocycles. The maximum atomic E-state index is 12.3. The van der Waals surface area contributed by atoms with Crippen LogP contribution in [0.5, 0.6) is 0 Å². The summed E-state index contributed by atoms with van der Waals surface area (Å²) in [5.41, 5.74) is 0.600. The van der Waals surface area contributed by atoms with E-state index in [0.717, 1.165) is 18.4 Å². The fourth-order valence-electron chi connectivity index (χ4n) is 3.19. The molecule has 0 saturated carbocycles. The highest BCUT2D eigenvalue weighted by atomic mass is 16.4. The SMILES string of the molecule is CCCC(O)(CCC)CC(=O)NCc1cccc(-n2ccc(C(=O)O)n2)c1. The Balaban J connectivity index is 1.99. The monoisotopic (exact) mass is 373 g/mol. The van der Waals surface area contributed by atoms with E-state index in [9.17, 15) is 14.7 Å². The lowest BCUT2D eigenvalue weighted by molar-refractivity contribution is -0.126. The molecule has 7 heteroatoms. The highest BCUT2D eigenvalue weighted by Gasteiger charge is 2.27. The molecule has 0 unspecified atom stereocenters. The molecule has 2 aromatic rings. The van der Waals surface area contributed by atoms with Crippen LogP contribution in [0.1, 0.15) is 62.0 Å². The Morgan fingerprint density at radius 1 is 1.19 bits per heavy atom. The molecule has 0 atom stereocenters. The van der Waals surface area contributed by atoms with Gasteiger partial charge < -0.3 is 15.5 Å². The van der Waals surface area contributed by atoms with E-state index in [2.05, 4.69) is 10.4 Å². The lowest BCUT2D eigenvalue weighted by Gasteiger charge is -2.26. The van der Waals surface area contributed by atoms with Crippen molar-refractivity contribution in [2.24, 2.45) is 0 Å². The van der Waals surface area contributed by atoms with E-state index in [1.807, 2.05) is 38.1 Å². The third kappa shape index (κ3) is 5.92. The van der Waals surface area contributed by atoms with Gasteiger partial charge >= 0.3 is 5.97 Å². The van der Waals surface area contributed by atoms with Gasteiger partial charge in [0.25, 0.3) is 0 Å². The number of benzene rings is 1. The van der Waals surface area contributed by atoms with Crippen molar-refractivity contribution < 1.29 is 19.8 Å². The zero-order valence-corrected chi connectivity index (χ0v) is 15.8. The van der Waals surface area contributed by atoms with E-state index in [4.69, 9.17) is 5.11 Å². The second kappa shape index (κ2) is 9.32. The van der Waals surface area contributed by atoms with Gasteiger partial charge in [0.2, 0.25) is 5.91 Å². The molecule has 0 radical (unpaired) electrons. The van der Waals surface area contributed by atoms with Crippen molar-refractivity contribution in [1.29, 1.82) is 0 Å². The molecule has 0 aliphatic heterocycles. The number of carbonyl (C=O) groups is 2. The average molecular weight is 373 g/mol. The van der Waals surface area contributed by atoms with Gasteiger partial charge in [-0.05, 0) is 36.6 Å². The molecule has 0 fully saturated rings. The number of aromatic nitrogens is 2. The second-order valence-electron chi connectivity index (χ2n) is 6.80. The number of nitrogens with zero attached hydrogens (tertiary/aromatic N) is 2. The van der Waals surface area contributed by atoms with Gasteiger partial charge in [-0.25, -0.2) is 9.48 Å². The lowest BCUT2D eigenvalue weighted by Crippen LogP contribution is -2.36. The number of aliphatic hydroxyl groups is 1. The summed E-state index contributed by atoms with van der Waals surface area (Å²) < 4.78 is 1.48. The van der Waals surface area contributed by atoms with Crippen molar-refractivity contribution in [3.05, 3.63) is 47.8 Å². The number of amides is 1. The molecule has 0 aliphatic rings. The zero-order chi connectivity index (χ0) is 19.9. The Bertz CT molecular complexity index is 779. The zero-order valence-electron chi connectivity index (χ0n) is 15.8. The van der Waals surface area contributed by atoms with E-state index in [1.54, 1.807) is 6.20 Å². The highest BCUT2D eigenvalue weighted by Crippen LogP contribution is 2.23. The Labute approximate surface area is 159 Å². The number of nitrogens with one attached hydrogen (secondary N) is 1. The van der Waals surface area contributed by atoms with Crippen LogP contribution in [0.2, 0.25) is 0 Å². The molecular weight excluding hydrogens is 346 g/mol. The van der Waals surface area contributed by atoms with Crippen molar-refractivity contribution in [3.8, 4) is 5.69 Å². The first kappa shape index (κ1) is 20.6. The summed E-state index contributed by atoms with van der Waals surface area (Å²) in [6.07, 6.45) is 4.54. The number of carbonyl (C=O) groups excluding carboxylic acids is 1. The number of hydrogen-bond acceptors (Lipinski definition) is 4. The van der Waals surface area contributed by atoms with Gasteiger partial charge in [0, 0.05) is 12.7 Å². The molecular formula is C20H27N3O4. The van der Waals surface area contributed by atoms with Gasteiger partial charge in [-0.2, -0.15) is 5.10 Å². The van der Waals surface area contributed by atoms with Crippen LogP contribution in [0.25, 0.3) is 5.69 Å². The van der Waals surface area contributed by atoms with Gasteiger partial charge in [0.15, 0.2) is 5.69 Å². The molecule has 27 heavy (non-hydrogen) atoms. The molecule has 0 spiro atoms. The van der Waals surface area contributed by atoms with Crippen LogP contribution in [-0.2, 0) is 11.3 Å². The summed E-state index contributed by atoms with van der Waals surface area (Å²) >= 11 is 0. The molecule has 1 aromatic carbocycles. The molecule has 2 rings (SSSR count). The summed E-state index contributed by atoms with van der Waals surface area (Å²) in [6, 6.07) is 8.77. The fraction of sp³-hybridized carbons (Fsp3) is 0.450. The standard InChI is InChI=1S/C20H27N3O4/c1-3-9-20(27,10-4-2)13-18(24)21-14-15-6-5-7-16(12-15)23-11-8-17(22-23)19(25)26/h5-8,11-12,27H,3-4,9-10,13-14H2,1-2H3,(H,21,24)(H,25,26). The molecule has 146 valence electrons. The third-order valence-electron chi connectivity index (χ3n) is 4.39. The van der Waals surface area contributed by atoms with E-state index in [-0.39, 0.29) is 18.0 Å². The van der Waals surface area contributed by atoms with Crippen LogP contribution in [0.15, 0.2) is 36.5 Å². The van der Waals surface area contributed by atoms with Crippen molar-refractivity contribution in [1.82, 2.24) is 15.1 Å². The predicted molar refractivity (Wildman–Crippen MR) is 102 cm³/mol. The molecule has 0 aliphatic carbocycles. The minimum atomic E-state index is -1.08. The summed E-state index contributed by atoms with van der Waals surface area (Å²) in [6.45, 7) is 4.32. The molecule has 1 aromatic heterocycles. The van der Waals surface area contributed by atoms with Crippen molar-refractivity contribution in [2.75, 3.05) is 0 Å². The Morgan fingerprint density at radius 3 is 2.48 bits per heavy atom. The minimum absolute atomic E-state index is 0.0279. The first-order valence-corrected chi connectivity index (χ1v) is 9.24. The van der Waals surface area contributed by atoms with Crippen LogP contribution in [-0.4, -0.2) is 37.5 Å². The summed E-state index contributed by atoms with van der Waals surface area (Å²) in [7, 11) is 0. The van der Waals surface area contributed by atoms with Crippen molar-refractivity contribution in [3.63, 3.8) is 0 Å². The predicted octanol–water partition coefficient (Wildman–Crippen LogP) is 2.91. The van der Waals surface area contributed by atoms with Crippen LogP contribution in [0.3, 0.4) is 0 Å². The van der Waals surface area contributed by atoms with Crippen LogP contribution >= 0.6 is 0 Å². The van der Waals surface area contributed by atoms with E-state index < -0.39 is 11.6 Å². The van der Waals surface area contributed by atoms with Crippen LogP contribution < -0.4 is 5.32 Å². The molecule has 3 N–H and O–H groups in total. The summed E-state index contributed by atoms with van der Waals surface area (Å²) in [5.74, 6) is -1.26. The Morgan fingerprint density at radius 2 is 1.89 bits per heavy atom. The maximum absolute atomic E-state index is 12.3. The van der Waals surface area contributed by atoms with Crippen molar-refractivity contribution >= 4 is 11.9 Å². The maximum Gasteiger partial charge on any atom is 0.356 e. The highest BCUT2D eigenvalue weighted by molar-refractivity contribution is 5.85. The third-order valence-corrected chi connectivity index (χ3v) is 4.39. The van der Waals surface area contributed by atoms with Gasteiger partial charge in [-0.1, -0.05) is 38.8 Å². The number of aromatic carboxylic acids is 1. The number of hydrogen-bond donors (Lipinski definition) is 3. The van der Waals surface area contributed by atoms with E-state index in [0.29, 0.717) is 25.1 Å².